The van der Waals surface area contributed by atoms with Crippen LogP contribution in [0.5, 0.6) is 0 Å². The Bertz CT molecular complexity index is 834. The molecule has 8 nitrogen and oxygen atoms in total. The fourth-order valence-electron chi connectivity index (χ4n) is 9.59. The molecule has 206 valence electrons. The predicted octanol–water partition coefficient (Wildman–Crippen LogP) is 3.68. The van der Waals surface area contributed by atoms with Gasteiger partial charge in [0.05, 0.1) is 35.4 Å². The minimum Gasteiger partial charge on any atom is -0.389 e. The highest BCUT2D eigenvalue weighted by atomic mass is 16.7. The second kappa shape index (κ2) is 9.25. The Labute approximate surface area is 215 Å². The van der Waals surface area contributed by atoms with E-state index in [0.29, 0.717) is 25.4 Å². The van der Waals surface area contributed by atoms with Crippen LogP contribution in [0.15, 0.2) is 0 Å². The number of aldehydes is 1. The first kappa shape index (κ1) is 27.0. The summed E-state index contributed by atoms with van der Waals surface area (Å²) in [6.45, 7) is 9.08. The van der Waals surface area contributed by atoms with Crippen molar-refractivity contribution in [1.29, 1.82) is 0 Å². The lowest BCUT2D eigenvalue weighted by Crippen LogP contribution is -2.78. The van der Waals surface area contributed by atoms with Crippen molar-refractivity contribution in [3.05, 3.63) is 0 Å². The van der Waals surface area contributed by atoms with Crippen LogP contribution in [0.25, 0.3) is 0 Å². The van der Waals surface area contributed by atoms with Crippen molar-refractivity contribution in [3.8, 4) is 0 Å². The van der Waals surface area contributed by atoms with Gasteiger partial charge >= 0.3 is 0 Å². The van der Waals surface area contributed by atoms with E-state index in [0.717, 1.165) is 38.4 Å². The summed E-state index contributed by atoms with van der Waals surface area (Å²) in [5, 5.41) is 12.5. The van der Waals surface area contributed by atoms with Gasteiger partial charge in [0.25, 0.3) is 0 Å². The number of carbonyl (C=O) groups excluding carboxylic acids is 1. The third kappa shape index (κ3) is 3.62. The molecule has 0 amide bonds. The number of methoxy groups -OCH3 is 2. The van der Waals surface area contributed by atoms with Gasteiger partial charge < -0.3 is 38.3 Å². The maximum Gasteiger partial charge on any atom is 0.163 e. The number of rotatable bonds is 7. The molecule has 5 fully saturated rings. The molecule has 1 heterocycles. The normalized spacial score (nSPS) is 51.5. The SMILES string of the molecule is COCO[C@@H]1C[C@]2(C)[C@@H](C=O)CC[C@]2(OCOC)C2CC[C@]3(O)C[C@@H](C)C[C@H]4OC(C)(C)OC[C@]43C21. The molecule has 4 aliphatic carbocycles. The summed E-state index contributed by atoms with van der Waals surface area (Å²) in [5.74, 6) is -0.511. The standard InChI is InChI=1S/C28H46O8/c1-18-11-22-27(15-34-24(2,3)36-22)23-20(8-9-26(27,30)12-18)28(35-17-32-6)10-7-19(14-29)25(28,4)13-21(23)33-16-31-5/h14,18-23,30H,7-13,15-17H2,1-6H3/t18-,19+,20?,21+,22+,23?,25+,26-,27+,28-/m0/s1. The number of fused-ring (bicyclic) bond motifs is 3. The first-order valence-corrected chi connectivity index (χ1v) is 13.8. The van der Waals surface area contributed by atoms with Crippen molar-refractivity contribution in [1.82, 2.24) is 0 Å². The number of hydrogen-bond donors (Lipinski definition) is 1. The third-order valence-electron chi connectivity index (χ3n) is 11.0. The average Bonchev–Trinajstić information content (AvgIpc) is 3.10. The van der Waals surface area contributed by atoms with Crippen LogP contribution < -0.4 is 0 Å². The minimum atomic E-state index is -0.930. The topological polar surface area (TPSA) is 92.7 Å². The Kier molecular flexibility index (Phi) is 6.93. The van der Waals surface area contributed by atoms with Crippen molar-refractivity contribution in [2.24, 2.45) is 34.5 Å². The molecule has 8 heteroatoms. The predicted molar refractivity (Wildman–Crippen MR) is 131 cm³/mol. The average molecular weight is 511 g/mol. The molecule has 4 saturated carbocycles. The molecule has 36 heavy (non-hydrogen) atoms. The van der Waals surface area contributed by atoms with E-state index in [1.54, 1.807) is 14.2 Å². The zero-order valence-corrected chi connectivity index (χ0v) is 22.9. The molecule has 1 saturated heterocycles. The van der Waals surface area contributed by atoms with Crippen LogP contribution in [-0.4, -0.2) is 75.0 Å². The molecular weight excluding hydrogens is 464 g/mol. The molecular formula is C28H46O8. The lowest BCUT2D eigenvalue weighted by atomic mass is 9.39. The van der Waals surface area contributed by atoms with Crippen LogP contribution in [-0.2, 0) is 33.2 Å². The highest BCUT2D eigenvalue weighted by Crippen LogP contribution is 2.72. The van der Waals surface area contributed by atoms with Crippen molar-refractivity contribution < 1.29 is 38.3 Å². The van der Waals surface area contributed by atoms with Crippen LogP contribution in [0.4, 0.5) is 0 Å². The van der Waals surface area contributed by atoms with Crippen molar-refractivity contribution in [2.75, 3.05) is 34.4 Å². The van der Waals surface area contributed by atoms with Gasteiger partial charge in [-0.05, 0) is 70.6 Å². The molecule has 2 unspecified atom stereocenters. The lowest BCUT2D eigenvalue weighted by molar-refractivity contribution is -0.405. The largest absolute Gasteiger partial charge is 0.389 e. The Balaban J connectivity index is 1.67. The van der Waals surface area contributed by atoms with Crippen LogP contribution in [0.3, 0.4) is 0 Å². The van der Waals surface area contributed by atoms with Gasteiger partial charge in [0.1, 0.15) is 19.9 Å². The summed E-state index contributed by atoms with van der Waals surface area (Å²) in [6, 6.07) is 0. The number of ether oxygens (including phenoxy) is 6. The molecule has 1 N–H and O–H groups in total. The molecule has 0 aromatic carbocycles. The number of carbonyl (C=O) groups is 1. The van der Waals surface area contributed by atoms with E-state index in [-0.39, 0.29) is 43.5 Å². The summed E-state index contributed by atoms with van der Waals surface area (Å²) >= 11 is 0. The molecule has 0 aromatic rings. The highest BCUT2D eigenvalue weighted by Gasteiger charge is 2.77. The lowest BCUT2D eigenvalue weighted by Gasteiger charge is -2.71. The molecule has 1 aliphatic heterocycles. The number of aliphatic hydroxyl groups is 1. The summed E-state index contributed by atoms with van der Waals surface area (Å²) in [5.41, 5.74) is -2.53. The molecule has 1 spiro atoms. The van der Waals surface area contributed by atoms with Crippen molar-refractivity contribution >= 4 is 6.29 Å². The van der Waals surface area contributed by atoms with E-state index in [1.165, 1.54) is 0 Å². The monoisotopic (exact) mass is 510 g/mol. The summed E-state index contributed by atoms with van der Waals surface area (Å²) < 4.78 is 37.1. The van der Waals surface area contributed by atoms with Gasteiger partial charge in [0.2, 0.25) is 0 Å². The Hall–Kier alpha value is -0.610. The van der Waals surface area contributed by atoms with Gasteiger partial charge in [-0.2, -0.15) is 0 Å². The van der Waals surface area contributed by atoms with Crippen LogP contribution >= 0.6 is 0 Å². The smallest absolute Gasteiger partial charge is 0.163 e. The minimum absolute atomic E-state index is 0.0581. The van der Waals surface area contributed by atoms with E-state index < -0.39 is 27.8 Å². The second-order valence-corrected chi connectivity index (χ2v) is 13.0. The molecule has 0 bridgehead atoms. The van der Waals surface area contributed by atoms with E-state index >= 15 is 0 Å². The van der Waals surface area contributed by atoms with Gasteiger partial charge in [-0.1, -0.05) is 13.8 Å². The molecule has 5 aliphatic rings. The van der Waals surface area contributed by atoms with E-state index in [4.69, 9.17) is 28.4 Å². The van der Waals surface area contributed by atoms with Crippen LogP contribution in [0.2, 0.25) is 0 Å². The summed E-state index contributed by atoms with van der Waals surface area (Å²) in [6.07, 6.45) is 5.98. The van der Waals surface area contributed by atoms with Gasteiger partial charge in [-0.15, -0.1) is 0 Å². The first-order valence-electron chi connectivity index (χ1n) is 13.8. The van der Waals surface area contributed by atoms with Gasteiger partial charge in [-0.3, -0.25) is 0 Å². The van der Waals surface area contributed by atoms with E-state index in [2.05, 4.69) is 13.8 Å². The first-order chi connectivity index (χ1) is 17.0. The van der Waals surface area contributed by atoms with Gasteiger partial charge in [0.15, 0.2) is 5.79 Å². The highest BCUT2D eigenvalue weighted by molar-refractivity contribution is 5.57. The molecule has 0 aromatic heterocycles. The zero-order chi connectivity index (χ0) is 26.0. The quantitative estimate of drug-likeness (QED) is 0.410. The molecule has 10 atom stereocenters. The maximum atomic E-state index is 12.5. The second-order valence-electron chi connectivity index (χ2n) is 13.0. The third-order valence-corrected chi connectivity index (χ3v) is 11.0. The summed E-state index contributed by atoms with van der Waals surface area (Å²) in [7, 11) is 3.28. The Morgan fingerprint density at radius 1 is 1.06 bits per heavy atom. The van der Waals surface area contributed by atoms with Crippen molar-refractivity contribution in [2.45, 2.75) is 102 Å². The zero-order valence-electron chi connectivity index (χ0n) is 22.9. The molecule has 5 rings (SSSR count). The summed E-state index contributed by atoms with van der Waals surface area (Å²) in [4.78, 5) is 12.3. The Morgan fingerprint density at radius 2 is 1.81 bits per heavy atom. The fourth-order valence-corrected chi connectivity index (χ4v) is 9.59. The maximum absolute atomic E-state index is 12.5. The van der Waals surface area contributed by atoms with Crippen molar-refractivity contribution in [3.63, 3.8) is 0 Å². The fraction of sp³-hybridized carbons (Fsp3) is 0.964. The van der Waals surface area contributed by atoms with Gasteiger partial charge in [0, 0.05) is 31.5 Å². The molecule has 0 radical (unpaired) electrons. The Morgan fingerprint density at radius 3 is 2.50 bits per heavy atom. The van der Waals surface area contributed by atoms with E-state index in [9.17, 15) is 9.90 Å². The number of hydrogen-bond acceptors (Lipinski definition) is 8. The van der Waals surface area contributed by atoms with Gasteiger partial charge in [-0.25, -0.2) is 0 Å². The van der Waals surface area contributed by atoms with Crippen LogP contribution in [0, 0.1) is 34.5 Å². The van der Waals surface area contributed by atoms with E-state index in [1.807, 2.05) is 13.8 Å². The van der Waals surface area contributed by atoms with Crippen LogP contribution in [0.1, 0.15) is 72.6 Å².